The van der Waals surface area contributed by atoms with Crippen LogP contribution in [0.5, 0.6) is 0 Å². The predicted octanol–water partition coefficient (Wildman–Crippen LogP) is 4.06. The van der Waals surface area contributed by atoms with E-state index in [4.69, 9.17) is 17.3 Å². The van der Waals surface area contributed by atoms with Gasteiger partial charge >= 0.3 is 0 Å². The van der Waals surface area contributed by atoms with Crippen LogP contribution in [-0.2, 0) is 13.1 Å². The second kappa shape index (κ2) is 7.79. The summed E-state index contributed by atoms with van der Waals surface area (Å²) in [6.45, 7) is 3.17. The van der Waals surface area contributed by atoms with Crippen LogP contribution in [0.25, 0.3) is 0 Å². The zero-order chi connectivity index (χ0) is 14.4. The molecule has 106 valence electrons. The Hall–Kier alpha value is -0.870. The number of nitrogens with two attached hydrogens (primary N) is 1. The summed E-state index contributed by atoms with van der Waals surface area (Å²) in [4.78, 5) is 2.31. The topological polar surface area (TPSA) is 29.3 Å². The van der Waals surface area contributed by atoms with Crippen molar-refractivity contribution in [3.8, 4) is 0 Å². The third-order valence-electron chi connectivity index (χ3n) is 3.10. The quantitative estimate of drug-likeness (QED) is 0.848. The lowest BCUT2D eigenvalue weighted by atomic mass is 10.1. The van der Waals surface area contributed by atoms with Gasteiger partial charge in [-0.2, -0.15) is 0 Å². The van der Waals surface area contributed by atoms with Gasteiger partial charge in [0.25, 0.3) is 0 Å². The molecule has 2 rings (SSSR count). The molecule has 0 aliphatic carbocycles. The minimum atomic E-state index is 0.640. The molecule has 2 N–H and O–H groups in total. The van der Waals surface area contributed by atoms with E-state index in [1.54, 1.807) is 0 Å². The number of hydrogen-bond donors (Lipinski definition) is 1. The predicted molar refractivity (Wildman–Crippen MR) is 88.8 cm³/mol. The Balaban J connectivity index is 2.09. The van der Waals surface area contributed by atoms with Crippen molar-refractivity contribution in [2.24, 2.45) is 5.73 Å². The Kier molecular flexibility index (Phi) is 6.05. The Morgan fingerprint density at radius 3 is 2.45 bits per heavy atom. The van der Waals surface area contributed by atoms with E-state index in [1.165, 1.54) is 5.56 Å². The summed E-state index contributed by atoms with van der Waals surface area (Å²) in [5.41, 5.74) is 8.13. The highest BCUT2D eigenvalue weighted by Gasteiger charge is 2.09. The van der Waals surface area contributed by atoms with E-state index in [0.29, 0.717) is 6.54 Å². The van der Waals surface area contributed by atoms with Crippen LogP contribution in [0.15, 0.2) is 53.0 Å². The molecular weight excluding hydrogens is 336 g/mol. The molecule has 0 heterocycles. The first kappa shape index (κ1) is 15.5. The van der Waals surface area contributed by atoms with Crippen molar-refractivity contribution in [2.75, 3.05) is 13.1 Å². The van der Waals surface area contributed by atoms with Gasteiger partial charge < -0.3 is 5.73 Å². The number of halogens is 2. The maximum absolute atomic E-state index is 6.29. The van der Waals surface area contributed by atoms with Crippen molar-refractivity contribution in [1.29, 1.82) is 0 Å². The van der Waals surface area contributed by atoms with Crippen LogP contribution in [0.2, 0.25) is 5.02 Å². The first-order valence-corrected chi connectivity index (χ1v) is 7.76. The lowest BCUT2D eigenvalue weighted by Gasteiger charge is -2.22. The molecule has 0 unspecified atom stereocenters. The molecule has 0 bridgehead atoms. The van der Waals surface area contributed by atoms with Gasteiger partial charge in [0.05, 0.1) is 0 Å². The largest absolute Gasteiger partial charge is 0.329 e. The minimum Gasteiger partial charge on any atom is -0.329 e. The molecule has 0 aliphatic heterocycles. The van der Waals surface area contributed by atoms with Gasteiger partial charge in [-0.3, -0.25) is 4.90 Å². The highest BCUT2D eigenvalue weighted by atomic mass is 79.9. The molecule has 0 aromatic heterocycles. The molecule has 4 heteroatoms. The van der Waals surface area contributed by atoms with Crippen LogP contribution in [0.4, 0.5) is 0 Å². The van der Waals surface area contributed by atoms with Crippen LogP contribution in [0.1, 0.15) is 11.1 Å². The number of nitrogens with zero attached hydrogens (tertiary/aromatic N) is 1. The van der Waals surface area contributed by atoms with Crippen LogP contribution < -0.4 is 5.73 Å². The highest BCUT2D eigenvalue weighted by Crippen LogP contribution is 2.23. The molecule has 2 nitrogen and oxygen atoms in total. The van der Waals surface area contributed by atoms with E-state index in [9.17, 15) is 0 Å². The van der Waals surface area contributed by atoms with Crippen molar-refractivity contribution in [1.82, 2.24) is 4.90 Å². The van der Waals surface area contributed by atoms with Crippen molar-refractivity contribution in [3.05, 3.63) is 69.2 Å². The van der Waals surface area contributed by atoms with E-state index in [0.717, 1.165) is 34.7 Å². The smallest absolute Gasteiger partial charge is 0.0462 e. The van der Waals surface area contributed by atoms with Gasteiger partial charge in [-0.25, -0.2) is 0 Å². The molecule has 0 aliphatic rings. The van der Waals surface area contributed by atoms with E-state index >= 15 is 0 Å². The van der Waals surface area contributed by atoms with Gasteiger partial charge in [-0.05, 0) is 23.3 Å². The third-order valence-corrected chi connectivity index (χ3v) is 3.95. The molecule has 2 aromatic carbocycles. The maximum atomic E-state index is 6.29. The average Bonchev–Trinajstić information content (AvgIpc) is 2.43. The zero-order valence-electron chi connectivity index (χ0n) is 11.2. The standard InChI is InChI=1S/C16H18BrClN2/c17-15-7-6-14(16(18)10-15)12-20(9-8-19)11-13-4-2-1-3-5-13/h1-7,10H,8-9,11-12,19H2. The first-order chi connectivity index (χ1) is 9.69. The normalized spacial score (nSPS) is 11.0. The van der Waals surface area contributed by atoms with Crippen molar-refractivity contribution < 1.29 is 0 Å². The molecule has 2 aromatic rings. The monoisotopic (exact) mass is 352 g/mol. The fraction of sp³-hybridized carbons (Fsp3) is 0.250. The van der Waals surface area contributed by atoms with Crippen LogP contribution in [0, 0.1) is 0 Å². The van der Waals surface area contributed by atoms with E-state index < -0.39 is 0 Å². The fourth-order valence-electron chi connectivity index (χ4n) is 2.13. The van der Waals surface area contributed by atoms with Gasteiger partial charge in [0, 0.05) is 35.7 Å². The molecule has 0 radical (unpaired) electrons. The van der Waals surface area contributed by atoms with Gasteiger partial charge in [-0.1, -0.05) is 63.9 Å². The van der Waals surface area contributed by atoms with Gasteiger partial charge in [0.1, 0.15) is 0 Å². The number of benzene rings is 2. The average molecular weight is 354 g/mol. The van der Waals surface area contributed by atoms with Gasteiger partial charge in [-0.15, -0.1) is 0 Å². The summed E-state index contributed by atoms with van der Waals surface area (Å²) in [6.07, 6.45) is 0. The fourth-order valence-corrected chi connectivity index (χ4v) is 2.86. The first-order valence-electron chi connectivity index (χ1n) is 6.59. The van der Waals surface area contributed by atoms with Gasteiger partial charge in [0.2, 0.25) is 0 Å². The Morgan fingerprint density at radius 1 is 1.05 bits per heavy atom. The summed E-state index contributed by atoms with van der Waals surface area (Å²) in [6, 6.07) is 16.4. The SMILES string of the molecule is NCCN(Cc1ccccc1)Cc1ccc(Br)cc1Cl. The summed E-state index contributed by atoms with van der Waals surface area (Å²) >= 11 is 9.72. The molecule has 0 spiro atoms. The molecule has 0 amide bonds. The van der Waals surface area contributed by atoms with Crippen LogP contribution in [0.3, 0.4) is 0 Å². The number of hydrogen-bond acceptors (Lipinski definition) is 2. The van der Waals surface area contributed by atoms with Crippen LogP contribution in [-0.4, -0.2) is 18.0 Å². The van der Waals surface area contributed by atoms with Crippen molar-refractivity contribution >= 4 is 27.5 Å². The molecule has 20 heavy (non-hydrogen) atoms. The maximum Gasteiger partial charge on any atom is 0.0462 e. The molecule has 0 saturated carbocycles. The summed E-state index contributed by atoms with van der Waals surface area (Å²) < 4.78 is 1.000. The lowest BCUT2D eigenvalue weighted by molar-refractivity contribution is 0.264. The zero-order valence-corrected chi connectivity index (χ0v) is 13.6. The Labute approximate surface area is 133 Å². The van der Waals surface area contributed by atoms with Crippen LogP contribution >= 0.6 is 27.5 Å². The van der Waals surface area contributed by atoms with Crippen molar-refractivity contribution in [3.63, 3.8) is 0 Å². The second-order valence-corrected chi connectivity index (χ2v) is 6.04. The van der Waals surface area contributed by atoms with Crippen molar-refractivity contribution in [2.45, 2.75) is 13.1 Å². The molecule has 0 fully saturated rings. The lowest BCUT2D eigenvalue weighted by Crippen LogP contribution is -2.28. The number of rotatable bonds is 6. The summed E-state index contributed by atoms with van der Waals surface area (Å²) in [5, 5.41) is 0.787. The second-order valence-electron chi connectivity index (χ2n) is 4.72. The minimum absolute atomic E-state index is 0.640. The molecule has 0 saturated heterocycles. The molecular formula is C16H18BrClN2. The third kappa shape index (κ3) is 4.60. The van der Waals surface area contributed by atoms with E-state index in [2.05, 4.69) is 51.2 Å². The Bertz CT molecular complexity index is 545. The van der Waals surface area contributed by atoms with E-state index in [-0.39, 0.29) is 0 Å². The summed E-state index contributed by atoms with van der Waals surface area (Å²) in [5.74, 6) is 0. The van der Waals surface area contributed by atoms with Gasteiger partial charge in [0.15, 0.2) is 0 Å². The van der Waals surface area contributed by atoms with E-state index in [1.807, 2.05) is 18.2 Å². The highest BCUT2D eigenvalue weighted by molar-refractivity contribution is 9.10. The Morgan fingerprint density at radius 2 is 1.80 bits per heavy atom. The summed E-state index contributed by atoms with van der Waals surface area (Å²) in [7, 11) is 0. The molecule has 0 atom stereocenters.